The highest BCUT2D eigenvalue weighted by Crippen LogP contribution is 2.02. The van der Waals surface area contributed by atoms with Crippen LogP contribution in [-0.4, -0.2) is 22.4 Å². The Bertz CT molecular complexity index is 499. The van der Waals surface area contributed by atoms with Crippen LogP contribution < -0.4 is 5.32 Å². The van der Waals surface area contributed by atoms with Gasteiger partial charge in [0.15, 0.2) is 0 Å². The van der Waals surface area contributed by atoms with E-state index in [-0.39, 0.29) is 5.91 Å². The first-order valence-electron chi connectivity index (χ1n) is 6.40. The summed E-state index contributed by atoms with van der Waals surface area (Å²) in [5.74, 6) is 0.0766. The van der Waals surface area contributed by atoms with Crippen molar-refractivity contribution in [3.63, 3.8) is 0 Å². The van der Waals surface area contributed by atoms with Crippen LogP contribution in [0.5, 0.6) is 0 Å². The van der Waals surface area contributed by atoms with Crippen LogP contribution in [0.1, 0.15) is 17.7 Å². The van der Waals surface area contributed by atoms with E-state index in [1.807, 2.05) is 30.3 Å². The van der Waals surface area contributed by atoms with Crippen LogP contribution in [-0.2, 0) is 17.6 Å². The Morgan fingerprint density at radius 2 is 1.95 bits per heavy atom. The van der Waals surface area contributed by atoms with E-state index < -0.39 is 0 Å². The van der Waals surface area contributed by atoms with Gasteiger partial charge in [-0.3, -0.25) is 14.8 Å². The van der Waals surface area contributed by atoms with Crippen LogP contribution in [0.3, 0.4) is 0 Å². The molecule has 0 saturated heterocycles. The molecule has 2 rings (SSSR count). The van der Waals surface area contributed by atoms with Gasteiger partial charge in [0.2, 0.25) is 5.91 Å². The summed E-state index contributed by atoms with van der Waals surface area (Å²) in [4.78, 5) is 19.8. The minimum Gasteiger partial charge on any atom is -0.356 e. The highest BCUT2D eigenvalue weighted by atomic mass is 16.1. The van der Waals surface area contributed by atoms with Gasteiger partial charge in [0.1, 0.15) is 0 Å². The van der Waals surface area contributed by atoms with Crippen molar-refractivity contribution in [2.24, 2.45) is 0 Å². The Morgan fingerprint density at radius 1 is 1.11 bits per heavy atom. The maximum atomic E-state index is 11.7. The van der Waals surface area contributed by atoms with Crippen molar-refractivity contribution in [3.8, 4) is 0 Å². The molecule has 0 bridgehead atoms. The third kappa shape index (κ3) is 4.87. The molecule has 1 N–H and O–H groups in total. The molecule has 0 saturated carbocycles. The Morgan fingerprint density at radius 3 is 2.68 bits per heavy atom. The van der Waals surface area contributed by atoms with E-state index in [9.17, 15) is 4.79 Å². The van der Waals surface area contributed by atoms with E-state index in [0.29, 0.717) is 19.4 Å². The van der Waals surface area contributed by atoms with Crippen molar-refractivity contribution < 1.29 is 4.79 Å². The summed E-state index contributed by atoms with van der Waals surface area (Å²) in [5.41, 5.74) is 2.08. The average Bonchev–Trinajstić information content (AvgIpc) is 2.47. The summed E-state index contributed by atoms with van der Waals surface area (Å²) in [6, 6.07) is 10.0. The minimum absolute atomic E-state index is 0.0766. The second kappa shape index (κ2) is 7.26. The van der Waals surface area contributed by atoms with Crippen molar-refractivity contribution in [2.45, 2.75) is 19.3 Å². The first kappa shape index (κ1) is 13.2. The lowest BCUT2D eigenvalue weighted by molar-refractivity contribution is -0.121. The lowest BCUT2D eigenvalue weighted by Crippen LogP contribution is -2.26. The normalized spacial score (nSPS) is 10.1. The van der Waals surface area contributed by atoms with Gasteiger partial charge in [0.05, 0.1) is 5.69 Å². The van der Waals surface area contributed by atoms with Gasteiger partial charge in [-0.1, -0.05) is 30.3 Å². The van der Waals surface area contributed by atoms with Gasteiger partial charge in [0.25, 0.3) is 0 Å². The number of nitrogens with zero attached hydrogens (tertiary/aromatic N) is 2. The molecule has 0 aliphatic rings. The van der Waals surface area contributed by atoms with Crippen LogP contribution >= 0.6 is 0 Å². The zero-order valence-electron chi connectivity index (χ0n) is 10.7. The number of benzene rings is 1. The number of carbonyl (C=O) groups is 1. The van der Waals surface area contributed by atoms with E-state index in [1.54, 1.807) is 18.6 Å². The zero-order valence-corrected chi connectivity index (χ0v) is 10.7. The standard InChI is InChI=1S/C15H17N3O/c19-15(7-6-13-4-2-1-3-5-13)18-9-8-14-12-16-10-11-17-14/h1-5,10-12H,6-9H2,(H,18,19). The molecule has 0 aliphatic heterocycles. The zero-order chi connectivity index (χ0) is 13.3. The Kier molecular flexibility index (Phi) is 5.05. The fourth-order valence-electron chi connectivity index (χ4n) is 1.78. The van der Waals surface area contributed by atoms with Crippen molar-refractivity contribution in [1.29, 1.82) is 0 Å². The van der Waals surface area contributed by atoms with Crippen LogP contribution in [0.4, 0.5) is 0 Å². The molecule has 0 unspecified atom stereocenters. The Labute approximate surface area is 112 Å². The number of hydrogen-bond acceptors (Lipinski definition) is 3. The molecular weight excluding hydrogens is 238 g/mol. The van der Waals surface area contributed by atoms with Crippen LogP contribution in [0.2, 0.25) is 0 Å². The van der Waals surface area contributed by atoms with Crippen LogP contribution in [0, 0.1) is 0 Å². The summed E-state index contributed by atoms with van der Waals surface area (Å²) in [6.07, 6.45) is 7.03. The first-order valence-corrected chi connectivity index (χ1v) is 6.40. The molecule has 4 nitrogen and oxygen atoms in total. The lowest BCUT2D eigenvalue weighted by atomic mass is 10.1. The van der Waals surface area contributed by atoms with Crippen molar-refractivity contribution >= 4 is 5.91 Å². The maximum Gasteiger partial charge on any atom is 0.220 e. The highest BCUT2D eigenvalue weighted by Gasteiger charge is 2.02. The predicted octanol–water partition coefficient (Wildman–Crippen LogP) is 1.77. The topological polar surface area (TPSA) is 54.9 Å². The van der Waals surface area contributed by atoms with Crippen LogP contribution in [0.15, 0.2) is 48.9 Å². The van der Waals surface area contributed by atoms with Gasteiger partial charge in [-0.2, -0.15) is 0 Å². The summed E-state index contributed by atoms with van der Waals surface area (Å²) < 4.78 is 0. The molecule has 2 aromatic rings. The molecule has 0 aliphatic carbocycles. The van der Waals surface area contributed by atoms with Gasteiger partial charge in [-0.15, -0.1) is 0 Å². The van der Waals surface area contributed by atoms with E-state index >= 15 is 0 Å². The van der Waals surface area contributed by atoms with Crippen LogP contribution in [0.25, 0.3) is 0 Å². The first-order chi connectivity index (χ1) is 9.34. The average molecular weight is 255 g/mol. The van der Waals surface area contributed by atoms with Gasteiger partial charge in [-0.05, 0) is 12.0 Å². The molecule has 1 aromatic carbocycles. The van der Waals surface area contributed by atoms with Gasteiger partial charge in [0, 0.05) is 38.0 Å². The fourth-order valence-corrected chi connectivity index (χ4v) is 1.78. The Balaban J connectivity index is 1.65. The third-order valence-electron chi connectivity index (χ3n) is 2.80. The Hall–Kier alpha value is -2.23. The SMILES string of the molecule is O=C(CCc1ccccc1)NCCc1cnccn1. The quantitative estimate of drug-likeness (QED) is 0.856. The number of nitrogens with one attached hydrogen (secondary N) is 1. The van der Waals surface area contributed by atoms with Crippen molar-refractivity contribution in [3.05, 3.63) is 60.2 Å². The number of aryl methyl sites for hydroxylation is 1. The molecule has 98 valence electrons. The molecule has 1 amide bonds. The predicted molar refractivity (Wildman–Crippen MR) is 73.5 cm³/mol. The van der Waals surface area contributed by atoms with E-state index in [2.05, 4.69) is 15.3 Å². The number of hydrogen-bond donors (Lipinski definition) is 1. The molecule has 0 radical (unpaired) electrons. The molecular formula is C15H17N3O. The minimum atomic E-state index is 0.0766. The smallest absolute Gasteiger partial charge is 0.220 e. The lowest BCUT2D eigenvalue weighted by Gasteiger charge is -2.05. The molecule has 0 spiro atoms. The molecule has 0 fully saturated rings. The van der Waals surface area contributed by atoms with Crippen molar-refractivity contribution in [2.75, 3.05) is 6.54 Å². The highest BCUT2D eigenvalue weighted by molar-refractivity contribution is 5.76. The van der Waals surface area contributed by atoms with E-state index in [1.165, 1.54) is 5.56 Å². The second-order valence-corrected chi connectivity index (χ2v) is 4.28. The number of amides is 1. The van der Waals surface area contributed by atoms with Gasteiger partial charge in [-0.25, -0.2) is 0 Å². The second-order valence-electron chi connectivity index (χ2n) is 4.28. The van der Waals surface area contributed by atoms with Gasteiger partial charge < -0.3 is 5.32 Å². The number of rotatable bonds is 6. The molecule has 1 heterocycles. The van der Waals surface area contributed by atoms with E-state index in [0.717, 1.165) is 12.1 Å². The van der Waals surface area contributed by atoms with E-state index in [4.69, 9.17) is 0 Å². The molecule has 19 heavy (non-hydrogen) atoms. The maximum absolute atomic E-state index is 11.7. The summed E-state index contributed by atoms with van der Waals surface area (Å²) in [7, 11) is 0. The third-order valence-corrected chi connectivity index (χ3v) is 2.80. The summed E-state index contributed by atoms with van der Waals surface area (Å²) >= 11 is 0. The number of carbonyl (C=O) groups excluding carboxylic acids is 1. The molecule has 0 atom stereocenters. The largest absolute Gasteiger partial charge is 0.356 e. The fraction of sp³-hybridized carbons (Fsp3) is 0.267. The summed E-state index contributed by atoms with van der Waals surface area (Å²) in [5, 5.41) is 2.89. The number of aromatic nitrogens is 2. The molecule has 1 aromatic heterocycles. The molecule has 4 heteroatoms. The monoisotopic (exact) mass is 255 g/mol. The summed E-state index contributed by atoms with van der Waals surface area (Å²) in [6.45, 7) is 0.603. The van der Waals surface area contributed by atoms with Crippen molar-refractivity contribution in [1.82, 2.24) is 15.3 Å². The van der Waals surface area contributed by atoms with Gasteiger partial charge >= 0.3 is 0 Å².